The maximum Gasteiger partial charge on any atom is 0.441 e. The number of carbonyl (C=O) groups excluding carboxylic acids is 1. The van der Waals surface area contributed by atoms with E-state index in [1.165, 1.54) is 17.0 Å². The number of nitrogen functional groups attached to an aromatic ring is 1. The molecule has 1 fully saturated rings. The van der Waals surface area contributed by atoms with Crippen molar-refractivity contribution in [1.82, 2.24) is 19.7 Å². The van der Waals surface area contributed by atoms with Crippen molar-refractivity contribution >= 4 is 35.1 Å². The summed E-state index contributed by atoms with van der Waals surface area (Å²) in [4.78, 5) is 27.8. The van der Waals surface area contributed by atoms with Crippen LogP contribution >= 0.6 is 23.2 Å². The van der Waals surface area contributed by atoms with E-state index in [1.54, 1.807) is 57.0 Å². The molecule has 1 saturated heterocycles. The van der Waals surface area contributed by atoms with E-state index in [0.717, 1.165) is 0 Å². The lowest BCUT2D eigenvalue weighted by Gasteiger charge is -2.34. The van der Waals surface area contributed by atoms with Crippen molar-refractivity contribution in [2.45, 2.75) is 58.0 Å². The summed E-state index contributed by atoms with van der Waals surface area (Å²) >= 11 is 12.3. The molecule has 1 aliphatic rings. The molecule has 2 unspecified atom stereocenters. The fourth-order valence-corrected chi connectivity index (χ4v) is 4.80. The van der Waals surface area contributed by atoms with Gasteiger partial charge in [-0.1, -0.05) is 23.2 Å². The normalized spacial score (nSPS) is 18.6. The van der Waals surface area contributed by atoms with E-state index in [4.69, 9.17) is 43.4 Å². The minimum atomic E-state index is -1.26. The number of alkyl halides is 1. The summed E-state index contributed by atoms with van der Waals surface area (Å²) in [7, 11) is 0. The molecule has 3 aromatic rings. The number of rotatable bonds is 6. The number of carbonyl (C=O) groups is 1. The Morgan fingerprint density at radius 2 is 1.95 bits per heavy atom. The third-order valence-electron chi connectivity index (χ3n) is 5.98. The number of nitrogens with two attached hydrogens (primary N) is 1. The zero-order valence-electron chi connectivity index (χ0n) is 21.8. The highest BCUT2D eigenvalue weighted by molar-refractivity contribution is 6.36. The number of benzene rings is 1. The fraction of sp³-hybridized carbons (Fsp3) is 0.423. The van der Waals surface area contributed by atoms with Crippen LogP contribution in [0.5, 0.6) is 5.75 Å². The second-order valence-electron chi connectivity index (χ2n) is 10.3. The number of ether oxygens (including phenoxy) is 1. The average molecular weight is 584 g/mol. The van der Waals surface area contributed by atoms with Crippen LogP contribution in [-0.4, -0.2) is 50.6 Å². The van der Waals surface area contributed by atoms with Crippen LogP contribution in [-0.2, 0) is 9.78 Å². The Labute approximate surface area is 234 Å². The summed E-state index contributed by atoms with van der Waals surface area (Å²) in [6, 6.07) is 3.80. The van der Waals surface area contributed by atoms with E-state index in [0.29, 0.717) is 11.1 Å². The molecule has 0 radical (unpaired) electrons. The molecule has 1 aromatic carbocycles. The molecular weight excluding hydrogens is 555 g/mol. The molecule has 1 aliphatic heterocycles. The number of aromatic nitrogens is 3. The van der Waals surface area contributed by atoms with Gasteiger partial charge in [-0.25, -0.2) is 18.6 Å². The summed E-state index contributed by atoms with van der Waals surface area (Å²) in [5, 5.41) is 4.50. The van der Waals surface area contributed by atoms with E-state index < -0.39 is 35.8 Å². The molecule has 39 heavy (non-hydrogen) atoms. The largest absolute Gasteiger partial charge is 0.482 e. The number of amides is 1. The van der Waals surface area contributed by atoms with Gasteiger partial charge in [0.1, 0.15) is 23.7 Å². The van der Waals surface area contributed by atoms with Gasteiger partial charge >= 0.3 is 6.09 Å². The Hall–Kier alpha value is -3.15. The Kier molecular flexibility index (Phi) is 8.53. The standard InChI is InChI=1S/C26H29Cl2F2N5O4/c1-14(22-19(27)5-6-20(30)23(22)28)37-21-7-15(9-32-24(21)31)16-10-33-35(11-16)18-8-17(29)12-34(13-18)25(36)38-39-26(2,3)4/h5-7,9-11,14,17-18H,8,12-13H2,1-4H3,(H2,31,32)/t14-,17?,18?/m1/s1. The topological polar surface area (TPSA) is 105 Å². The van der Waals surface area contributed by atoms with E-state index in [-0.39, 0.29) is 46.7 Å². The molecule has 2 aromatic heterocycles. The Bertz CT molecular complexity index is 1350. The van der Waals surface area contributed by atoms with Crippen LogP contribution < -0.4 is 10.5 Å². The molecule has 2 N–H and O–H groups in total. The maximum absolute atomic E-state index is 14.6. The Balaban J connectivity index is 1.50. The van der Waals surface area contributed by atoms with Crippen molar-refractivity contribution in [3.63, 3.8) is 0 Å². The second kappa shape index (κ2) is 11.5. The van der Waals surface area contributed by atoms with Gasteiger partial charge in [0.2, 0.25) is 0 Å². The molecule has 0 aliphatic carbocycles. The number of hydrogen-bond acceptors (Lipinski definition) is 7. The molecule has 3 heterocycles. The zero-order chi connectivity index (χ0) is 28.5. The van der Waals surface area contributed by atoms with Gasteiger partial charge in [0.15, 0.2) is 11.6 Å². The van der Waals surface area contributed by atoms with Gasteiger partial charge < -0.3 is 15.4 Å². The third-order valence-corrected chi connectivity index (χ3v) is 6.69. The minimum absolute atomic E-state index is 0.100. The van der Waals surface area contributed by atoms with Gasteiger partial charge in [0, 0.05) is 47.1 Å². The van der Waals surface area contributed by atoms with Crippen LogP contribution in [0.1, 0.15) is 51.8 Å². The highest BCUT2D eigenvalue weighted by Gasteiger charge is 2.33. The quantitative estimate of drug-likeness (QED) is 0.199. The maximum atomic E-state index is 14.6. The van der Waals surface area contributed by atoms with Crippen LogP contribution in [0, 0.1) is 5.82 Å². The molecule has 0 saturated carbocycles. The smallest absolute Gasteiger partial charge is 0.441 e. The highest BCUT2D eigenvalue weighted by Crippen LogP contribution is 2.37. The van der Waals surface area contributed by atoms with Crippen molar-refractivity contribution in [3.8, 4) is 16.9 Å². The lowest BCUT2D eigenvalue weighted by molar-refractivity contribution is -0.306. The predicted molar refractivity (Wildman–Crippen MR) is 143 cm³/mol. The van der Waals surface area contributed by atoms with Gasteiger partial charge in [-0.2, -0.15) is 9.99 Å². The van der Waals surface area contributed by atoms with E-state index in [9.17, 15) is 13.6 Å². The van der Waals surface area contributed by atoms with Crippen molar-refractivity contribution in [3.05, 3.63) is 58.2 Å². The van der Waals surface area contributed by atoms with Gasteiger partial charge in [0.25, 0.3) is 0 Å². The molecular formula is C26H29Cl2F2N5O4. The first kappa shape index (κ1) is 28.8. The summed E-state index contributed by atoms with van der Waals surface area (Å²) in [5.74, 6) is -0.273. The fourth-order valence-electron chi connectivity index (χ4n) is 4.13. The number of halogens is 4. The van der Waals surface area contributed by atoms with Crippen LogP contribution in [0.3, 0.4) is 0 Å². The van der Waals surface area contributed by atoms with Crippen molar-refractivity contribution in [1.29, 1.82) is 0 Å². The van der Waals surface area contributed by atoms with Crippen LogP contribution in [0.2, 0.25) is 10.0 Å². The zero-order valence-corrected chi connectivity index (χ0v) is 23.3. The lowest BCUT2D eigenvalue weighted by Crippen LogP contribution is -2.46. The molecule has 0 spiro atoms. The second-order valence-corrected chi connectivity index (χ2v) is 11.1. The van der Waals surface area contributed by atoms with Crippen LogP contribution in [0.15, 0.2) is 36.8 Å². The predicted octanol–water partition coefficient (Wildman–Crippen LogP) is 6.56. The van der Waals surface area contributed by atoms with Gasteiger partial charge in [-0.3, -0.25) is 9.57 Å². The average Bonchev–Trinajstić information content (AvgIpc) is 3.36. The van der Waals surface area contributed by atoms with Gasteiger partial charge in [-0.05, 0) is 45.9 Å². The SMILES string of the molecule is C[C@@H](Oc1cc(-c2cnn(C3CC(F)CN(C(=O)OOC(C)(C)C)C3)c2)cnc1N)c1c(Cl)ccc(F)c1Cl. The van der Waals surface area contributed by atoms with E-state index in [1.807, 2.05) is 0 Å². The first-order chi connectivity index (χ1) is 18.3. The summed E-state index contributed by atoms with van der Waals surface area (Å²) in [6.45, 7) is 6.95. The first-order valence-corrected chi connectivity index (χ1v) is 13.0. The number of anilines is 1. The van der Waals surface area contributed by atoms with Crippen molar-refractivity contribution in [2.24, 2.45) is 0 Å². The molecule has 9 nitrogen and oxygen atoms in total. The number of piperidine rings is 1. The highest BCUT2D eigenvalue weighted by atomic mass is 35.5. The molecule has 0 bridgehead atoms. The van der Waals surface area contributed by atoms with E-state index >= 15 is 0 Å². The van der Waals surface area contributed by atoms with Crippen LogP contribution in [0.25, 0.3) is 11.1 Å². The summed E-state index contributed by atoms with van der Waals surface area (Å²) < 4.78 is 36.1. The number of hydrogen-bond donors (Lipinski definition) is 1. The minimum Gasteiger partial charge on any atom is -0.482 e. The monoisotopic (exact) mass is 583 g/mol. The molecule has 1 amide bonds. The summed E-state index contributed by atoms with van der Waals surface area (Å²) in [5.41, 5.74) is 6.90. The Morgan fingerprint density at radius 3 is 2.67 bits per heavy atom. The Morgan fingerprint density at radius 1 is 1.21 bits per heavy atom. The lowest BCUT2D eigenvalue weighted by atomic mass is 10.0. The van der Waals surface area contributed by atoms with Crippen LogP contribution in [0.4, 0.5) is 19.4 Å². The molecule has 4 rings (SSSR count). The van der Waals surface area contributed by atoms with Gasteiger partial charge in [-0.15, -0.1) is 0 Å². The number of likely N-dealkylation sites (tertiary alicyclic amines) is 1. The third kappa shape index (κ3) is 6.90. The molecule has 210 valence electrons. The first-order valence-electron chi connectivity index (χ1n) is 12.2. The number of nitrogens with zero attached hydrogens (tertiary/aromatic N) is 4. The number of pyridine rings is 1. The molecule has 3 atom stereocenters. The van der Waals surface area contributed by atoms with Crippen molar-refractivity contribution < 1.29 is 28.1 Å². The van der Waals surface area contributed by atoms with Gasteiger partial charge in [0.05, 0.1) is 23.8 Å². The van der Waals surface area contributed by atoms with Crippen molar-refractivity contribution in [2.75, 3.05) is 18.8 Å². The van der Waals surface area contributed by atoms with E-state index in [2.05, 4.69) is 10.1 Å². The summed E-state index contributed by atoms with van der Waals surface area (Å²) in [6.07, 6.45) is 2.27. The molecule has 13 heteroatoms.